The van der Waals surface area contributed by atoms with Gasteiger partial charge in [-0.15, -0.1) is 6.58 Å². The highest BCUT2D eigenvalue weighted by Gasteiger charge is 2.26. The molecule has 1 aliphatic rings. The SMILES string of the molecule is C=CCCCN(C)C1CCC(N(C)C(C)C)CC1. The summed E-state index contributed by atoms with van der Waals surface area (Å²) in [4.78, 5) is 5.11. The van der Waals surface area contributed by atoms with Crippen molar-refractivity contribution in [2.75, 3.05) is 20.6 Å². The number of hydrogen-bond donors (Lipinski definition) is 0. The Hall–Kier alpha value is -0.340. The molecule has 0 radical (unpaired) electrons. The Morgan fingerprint density at radius 1 is 1.11 bits per heavy atom. The third kappa shape index (κ3) is 4.74. The van der Waals surface area contributed by atoms with Crippen LogP contribution < -0.4 is 0 Å². The van der Waals surface area contributed by atoms with E-state index in [1.165, 1.54) is 38.6 Å². The number of hydrogen-bond acceptors (Lipinski definition) is 2. The summed E-state index contributed by atoms with van der Waals surface area (Å²) in [5.41, 5.74) is 0. The van der Waals surface area contributed by atoms with Gasteiger partial charge in [0.2, 0.25) is 0 Å². The Labute approximate surface area is 114 Å². The zero-order valence-electron chi connectivity index (χ0n) is 12.9. The molecule has 0 saturated heterocycles. The monoisotopic (exact) mass is 252 g/mol. The van der Waals surface area contributed by atoms with E-state index in [-0.39, 0.29) is 0 Å². The van der Waals surface area contributed by atoms with E-state index in [1.807, 2.05) is 6.08 Å². The molecule has 0 amide bonds. The fraction of sp³-hybridized carbons (Fsp3) is 0.875. The maximum Gasteiger partial charge on any atom is 0.00960 e. The van der Waals surface area contributed by atoms with E-state index in [9.17, 15) is 0 Å². The predicted molar refractivity (Wildman–Crippen MR) is 81.0 cm³/mol. The minimum absolute atomic E-state index is 0.678. The Bertz CT molecular complexity index is 229. The van der Waals surface area contributed by atoms with E-state index in [4.69, 9.17) is 0 Å². The van der Waals surface area contributed by atoms with Crippen molar-refractivity contribution in [3.05, 3.63) is 12.7 Å². The van der Waals surface area contributed by atoms with Crippen molar-refractivity contribution < 1.29 is 0 Å². The molecule has 106 valence electrons. The quantitative estimate of drug-likeness (QED) is 0.505. The van der Waals surface area contributed by atoms with E-state index in [0.29, 0.717) is 6.04 Å². The molecule has 1 rings (SSSR count). The van der Waals surface area contributed by atoms with Crippen LogP contribution >= 0.6 is 0 Å². The van der Waals surface area contributed by atoms with Gasteiger partial charge in [-0.05, 0) is 73.0 Å². The lowest BCUT2D eigenvalue weighted by atomic mass is 9.89. The number of unbranched alkanes of at least 4 members (excludes halogenated alkanes) is 1. The lowest BCUT2D eigenvalue weighted by molar-refractivity contribution is 0.106. The number of rotatable bonds is 7. The zero-order valence-corrected chi connectivity index (χ0v) is 12.9. The van der Waals surface area contributed by atoms with Crippen LogP contribution in [0.3, 0.4) is 0 Å². The van der Waals surface area contributed by atoms with Gasteiger partial charge in [0.25, 0.3) is 0 Å². The van der Waals surface area contributed by atoms with Gasteiger partial charge in [0.05, 0.1) is 0 Å². The second-order valence-corrected chi connectivity index (χ2v) is 6.13. The first-order chi connectivity index (χ1) is 8.56. The average Bonchev–Trinajstić information content (AvgIpc) is 2.38. The molecule has 2 nitrogen and oxygen atoms in total. The molecule has 0 N–H and O–H groups in total. The van der Waals surface area contributed by atoms with E-state index in [0.717, 1.165) is 18.5 Å². The van der Waals surface area contributed by atoms with Gasteiger partial charge in [0, 0.05) is 18.1 Å². The fourth-order valence-corrected chi connectivity index (χ4v) is 3.00. The Kier molecular flexibility index (Phi) is 6.95. The summed E-state index contributed by atoms with van der Waals surface area (Å²) < 4.78 is 0. The van der Waals surface area contributed by atoms with E-state index in [1.54, 1.807) is 0 Å². The van der Waals surface area contributed by atoms with Crippen LogP contribution in [0.25, 0.3) is 0 Å². The van der Waals surface area contributed by atoms with Gasteiger partial charge in [0.1, 0.15) is 0 Å². The Morgan fingerprint density at radius 2 is 1.67 bits per heavy atom. The molecule has 2 heteroatoms. The van der Waals surface area contributed by atoms with E-state index in [2.05, 4.69) is 44.3 Å². The van der Waals surface area contributed by atoms with Gasteiger partial charge >= 0.3 is 0 Å². The van der Waals surface area contributed by atoms with Crippen LogP contribution in [0.5, 0.6) is 0 Å². The summed E-state index contributed by atoms with van der Waals surface area (Å²) in [6.07, 6.45) is 9.90. The summed E-state index contributed by atoms with van der Waals surface area (Å²) in [7, 11) is 4.57. The fourth-order valence-electron chi connectivity index (χ4n) is 3.00. The molecule has 1 fully saturated rings. The minimum atomic E-state index is 0.678. The van der Waals surface area contributed by atoms with Gasteiger partial charge in [0.15, 0.2) is 0 Å². The molecule has 1 saturated carbocycles. The zero-order chi connectivity index (χ0) is 13.5. The summed E-state index contributed by atoms with van der Waals surface area (Å²) in [6.45, 7) is 9.61. The molecule has 0 heterocycles. The Morgan fingerprint density at radius 3 is 2.17 bits per heavy atom. The Balaban J connectivity index is 2.27. The van der Waals surface area contributed by atoms with Crippen molar-refractivity contribution >= 4 is 0 Å². The van der Waals surface area contributed by atoms with Gasteiger partial charge < -0.3 is 9.80 Å². The molecule has 0 atom stereocenters. The predicted octanol–water partition coefficient (Wildman–Crippen LogP) is 3.54. The molecular formula is C16H32N2. The maximum absolute atomic E-state index is 3.79. The highest BCUT2D eigenvalue weighted by Crippen LogP contribution is 2.26. The van der Waals surface area contributed by atoms with Crippen LogP contribution in [-0.2, 0) is 0 Å². The van der Waals surface area contributed by atoms with Crippen molar-refractivity contribution in [2.24, 2.45) is 0 Å². The van der Waals surface area contributed by atoms with Crippen molar-refractivity contribution in [2.45, 2.75) is 70.5 Å². The van der Waals surface area contributed by atoms with Crippen LogP contribution in [0.4, 0.5) is 0 Å². The summed E-state index contributed by atoms with van der Waals surface area (Å²) in [6, 6.07) is 2.30. The number of allylic oxidation sites excluding steroid dienone is 1. The molecule has 0 aromatic carbocycles. The van der Waals surface area contributed by atoms with Gasteiger partial charge in [-0.3, -0.25) is 0 Å². The third-order valence-corrected chi connectivity index (χ3v) is 4.60. The maximum atomic E-state index is 3.79. The van der Waals surface area contributed by atoms with Gasteiger partial charge in [-0.25, -0.2) is 0 Å². The van der Waals surface area contributed by atoms with Crippen LogP contribution in [0.2, 0.25) is 0 Å². The molecule has 0 unspecified atom stereocenters. The topological polar surface area (TPSA) is 6.48 Å². The standard InChI is InChI=1S/C16H32N2/c1-6-7-8-13-17(4)15-9-11-16(12-10-15)18(5)14(2)3/h6,14-16H,1,7-13H2,2-5H3. The summed E-state index contributed by atoms with van der Waals surface area (Å²) >= 11 is 0. The van der Waals surface area contributed by atoms with Crippen molar-refractivity contribution in [1.82, 2.24) is 9.80 Å². The molecule has 0 aliphatic heterocycles. The average molecular weight is 252 g/mol. The van der Waals surface area contributed by atoms with Crippen molar-refractivity contribution in [3.8, 4) is 0 Å². The van der Waals surface area contributed by atoms with Crippen LogP contribution in [-0.4, -0.2) is 48.6 Å². The summed E-state index contributed by atoms with van der Waals surface area (Å²) in [5.74, 6) is 0. The largest absolute Gasteiger partial charge is 0.303 e. The van der Waals surface area contributed by atoms with Crippen LogP contribution in [0.15, 0.2) is 12.7 Å². The van der Waals surface area contributed by atoms with Gasteiger partial charge in [-0.2, -0.15) is 0 Å². The van der Waals surface area contributed by atoms with Crippen molar-refractivity contribution in [3.63, 3.8) is 0 Å². The first-order valence-electron chi connectivity index (χ1n) is 7.59. The summed E-state index contributed by atoms with van der Waals surface area (Å²) in [5, 5.41) is 0. The molecule has 0 aromatic heterocycles. The van der Waals surface area contributed by atoms with Crippen molar-refractivity contribution in [1.29, 1.82) is 0 Å². The lowest BCUT2D eigenvalue weighted by Crippen LogP contribution is -2.44. The second kappa shape index (κ2) is 7.96. The molecule has 0 aromatic rings. The second-order valence-electron chi connectivity index (χ2n) is 6.13. The van der Waals surface area contributed by atoms with Gasteiger partial charge in [-0.1, -0.05) is 6.08 Å². The van der Waals surface area contributed by atoms with E-state index < -0.39 is 0 Å². The van der Waals surface area contributed by atoms with E-state index >= 15 is 0 Å². The first-order valence-corrected chi connectivity index (χ1v) is 7.59. The molecule has 1 aliphatic carbocycles. The van der Waals surface area contributed by atoms with Crippen LogP contribution in [0, 0.1) is 0 Å². The highest BCUT2D eigenvalue weighted by molar-refractivity contribution is 4.83. The minimum Gasteiger partial charge on any atom is -0.303 e. The van der Waals surface area contributed by atoms with Crippen LogP contribution in [0.1, 0.15) is 52.4 Å². The molecule has 0 bridgehead atoms. The lowest BCUT2D eigenvalue weighted by Gasteiger charge is -2.39. The number of nitrogens with zero attached hydrogens (tertiary/aromatic N) is 2. The smallest absolute Gasteiger partial charge is 0.00960 e. The molecule has 18 heavy (non-hydrogen) atoms. The highest BCUT2D eigenvalue weighted by atomic mass is 15.2. The first kappa shape index (κ1) is 15.7. The normalized spacial score (nSPS) is 25.1. The molecular weight excluding hydrogens is 220 g/mol. The third-order valence-electron chi connectivity index (χ3n) is 4.60. The molecule has 0 spiro atoms.